The average molecular weight is 510 g/mol. The van der Waals surface area contributed by atoms with Crippen LogP contribution in [0.4, 0.5) is 14.5 Å². The van der Waals surface area contributed by atoms with Gasteiger partial charge in [0, 0.05) is 40.1 Å². The lowest BCUT2D eigenvalue weighted by Crippen LogP contribution is -2.42. The van der Waals surface area contributed by atoms with Crippen molar-refractivity contribution in [2.75, 3.05) is 5.32 Å². The first-order valence-corrected chi connectivity index (χ1v) is 12.5. The summed E-state index contributed by atoms with van der Waals surface area (Å²) in [6, 6.07) is 9.61. The van der Waals surface area contributed by atoms with Crippen LogP contribution in [0.25, 0.3) is 16.2 Å². The van der Waals surface area contributed by atoms with Crippen molar-refractivity contribution in [1.29, 1.82) is 0 Å². The molecule has 0 fully saturated rings. The molecule has 7 nitrogen and oxygen atoms in total. The second kappa shape index (κ2) is 9.79. The molecule has 5 rings (SSSR count). The Balaban J connectivity index is 1.19. The maximum atomic E-state index is 13.3. The van der Waals surface area contributed by atoms with Crippen LogP contribution >= 0.6 is 11.3 Å². The van der Waals surface area contributed by atoms with Crippen molar-refractivity contribution in [2.45, 2.75) is 44.7 Å². The minimum atomic E-state index is -0.838. The molecule has 36 heavy (non-hydrogen) atoms. The van der Waals surface area contributed by atoms with Gasteiger partial charge in [-0.15, -0.1) is 11.3 Å². The zero-order valence-electron chi connectivity index (χ0n) is 19.6. The number of rotatable bonds is 6. The molecule has 0 aliphatic heterocycles. The van der Waals surface area contributed by atoms with Gasteiger partial charge in [-0.3, -0.25) is 14.0 Å². The molecular weight excluding hydrogens is 484 g/mol. The van der Waals surface area contributed by atoms with Gasteiger partial charge in [0.2, 0.25) is 11.8 Å². The van der Waals surface area contributed by atoms with Crippen LogP contribution in [0.1, 0.15) is 29.5 Å². The molecule has 2 atom stereocenters. The van der Waals surface area contributed by atoms with Crippen LogP contribution < -0.4 is 16.4 Å². The normalized spacial score (nSPS) is 15.9. The largest absolute Gasteiger partial charge is 0.344 e. The van der Waals surface area contributed by atoms with Crippen LogP contribution in [-0.2, 0) is 28.9 Å². The Hall–Kier alpha value is -3.63. The highest BCUT2D eigenvalue weighted by Gasteiger charge is 2.22. The second-order valence-corrected chi connectivity index (χ2v) is 10.1. The van der Waals surface area contributed by atoms with Crippen LogP contribution in [0.5, 0.6) is 0 Å². The number of amides is 2. The molecule has 2 aromatic carbocycles. The summed E-state index contributed by atoms with van der Waals surface area (Å²) >= 11 is 1.68. The number of halogens is 2. The molecule has 186 valence electrons. The van der Waals surface area contributed by atoms with Crippen LogP contribution in [0.2, 0.25) is 0 Å². The summed E-state index contributed by atoms with van der Waals surface area (Å²) in [5, 5.41) is 5.31. The lowest BCUT2D eigenvalue weighted by atomic mass is 9.98. The quantitative estimate of drug-likeness (QED) is 0.368. The molecule has 2 aromatic heterocycles. The van der Waals surface area contributed by atoms with Crippen molar-refractivity contribution in [2.24, 2.45) is 5.73 Å². The summed E-state index contributed by atoms with van der Waals surface area (Å²) < 4.78 is 28.8. The Morgan fingerprint density at radius 2 is 1.92 bits per heavy atom. The molecule has 1 aliphatic rings. The highest BCUT2D eigenvalue weighted by Crippen LogP contribution is 2.32. The fourth-order valence-electron chi connectivity index (χ4n) is 4.38. The first-order valence-electron chi connectivity index (χ1n) is 11.7. The Morgan fingerprint density at radius 1 is 1.19 bits per heavy atom. The lowest BCUT2D eigenvalue weighted by molar-refractivity contribution is -0.125. The molecule has 1 unspecified atom stereocenters. The van der Waals surface area contributed by atoms with Crippen LogP contribution in [0.15, 0.2) is 48.7 Å². The zero-order valence-corrected chi connectivity index (χ0v) is 20.4. The number of nitrogens with one attached hydrogen (secondary N) is 2. The molecule has 0 radical (unpaired) electrons. The third-order valence-corrected chi connectivity index (χ3v) is 7.33. The predicted molar refractivity (Wildman–Crippen MR) is 135 cm³/mol. The van der Waals surface area contributed by atoms with E-state index in [0.29, 0.717) is 5.69 Å². The smallest absolute Gasteiger partial charge is 0.246 e. The monoisotopic (exact) mass is 509 g/mol. The second-order valence-electron chi connectivity index (χ2n) is 9.06. The van der Waals surface area contributed by atoms with Gasteiger partial charge in [0.15, 0.2) is 4.96 Å². The number of hydrogen-bond acceptors (Lipinski definition) is 5. The van der Waals surface area contributed by atoms with Gasteiger partial charge in [-0.25, -0.2) is 13.8 Å². The average Bonchev–Trinajstić information content (AvgIpc) is 3.36. The first kappa shape index (κ1) is 24.1. The Bertz CT molecular complexity index is 1430. The summed E-state index contributed by atoms with van der Waals surface area (Å²) in [6.07, 6.45) is 4.62. The number of aromatic nitrogens is 2. The van der Waals surface area contributed by atoms with Crippen LogP contribution in [0.3, 0.4) is 0 Å². The molecule has 2 heterocycles. The van der Waals surface area contributed by atoms with Gasteiger partial charge < -0.3 is 16.4 Å². The highest BCUT2D eigenvalue weighted by molar-refractivity contribution is 7.17. The Morgan fingerprint density at radius 3 is 2.64 bits per heavy atom. The zero-order chi connectivity index (χ0) is 25.4. The van der Waals surface area contributed by atoms with Gasteiger partial charge >= 0.3 is 0 Å². The lowest BCUT2D eigenvalue weighted by Gasteiger charge is -2.17. The van der Waals surface area contributed by atoms with E-state index in [2.05, 4.69) is 15.0 Å². The molecule has 0 spiro atoms. The van der Waals surface area contributed by atoms with Gasteiger partial charge in [0.05, 0.1) is 12.1 Å². The van der Waals surface area contributed by atoms with Crippen molar-refractivity contribution in [1.82, 2.24) is 14.7 Å². The number of hydrogen-bond donors (Lipinski definition) is 3. The van der Waals surface area contributed by atoms with Crippen molar-refractivity contribution in [3.63, 3.8) is 0 Å². The third kappa shape index (κ3) is 5.14. The number of aryl methyl sites for hydroxylation is 1. The van der Waals surface area contributed by atoms with Crippen LogP contribution in [-0.4, -0.2) is 33.3 Å². The van der Waals surface area contributed by atoms with Crippen molar-refractivity contribution in [3.8, 4) is 11.3 Å². The number of benzene rings is 2. The molecule has 0 saturated carbocycles. The fourth-order valence-corrected chi connectivity index (χ4v) is 5.63. The number of carbonyl (C=O) groups excluding carboxylic acids is 2. The van der Waals surface area contributed by atoms with Crippen molar-refractivity contribution in [3.05, 3.63) is 76.4 Å². The number of imidazole rings is 1. The van der Waals surface area contributed by atoms with Crippen LogP contribution in [0, 0.1) is 11.6 Å². The molecule has 4 N–H and O–H groups in total. The molecule has 10 heteroatoms. The van der Waals surface area contributed by atoms with E-state index in [-0.39, 0.29) is 18.0 Å². The number of fused-ring (bicyclic) bond motifs is 3. The van der Waals surface area contributed by atoms with Crippen molar-refractivity contribution < 1.29 is 18.4 Å². The maximum absolute atomic E-state index is 13.3. The first-order chi connectivity index (χ1) is 17.2. The Kier molecular flexibility index (Phi) is 6.55. The summed E-state index contributed by atoms with van der Waals surface area (Å²) in [4.78, 5) is 31.8. The topological polar surface area (TPSA) is 102 Å². The van der Waals surface area contributed by atoms with E-state index in [1.54, 1.807) is 30.4 Å². The standard InChI is InChI=1S/C26H25F2N5O2S/c1-14(30-24(34)10-15-8-17(27)11-18(28)9-15)25(35)31-20-5-2-16(3-6-20)21-13-33-22-7-4-19(29)12-23(22)36-26(33)32-21/h2-3,5-6,8-9,11,13-14,19H,4,7,10,12,29H2,1H3,(H,30,34)(H,31,35)/t14-,19?/m0/s1. The number of thiazole rings is 1. The van der Waals surface area contributed by atoms with Crippen molar-refractivity contribution >= 4 is 33.8 Å². The highest BCUT2D eigenvalue weighted by atomic mass is 32.1. The number of nitrogens with two attached hydrogens (primary N) is 1. The van der Waals surface area contributed by atoms with Gasteiger partial charge in [0.25, 0.3) is 0 Å². The van der Waals surface area contributed by atoms with E-state index in [1.807, 2.05) is 18.3 Å². The minimum Gasteiger partial charge on any atom is -0.344 e. The molecular formula is C26H25F2N5O2S. The summed E-state index contributed by atoms with van der Waals surface area (Å²) in [7, 11) is 0. The molecule has 1 aliphatic carbocycles. The van der Waals surface area contributed by atoms with Gasteiger partial charge in [0.1, 0.15) is 17.7 Å². The molecule has 4 aromatic rings. The van der Waals surface area contributed by atoms with E-state index in [9.17, 15) is 18.4 Å². The fraction of sp³-hybridized carbons (Fsp3) is 0.269. The SMILES string of the molecule is C[C@H](NC(=O)Cc1cc(F)cc(F)c1)C(=O)Nc1ccc(-c2cn3c4c(sc3n2)CC(N)CC4)cc1. The number of anilines is 1. The van der Waals surface area contributed by atoms with Gasteiger partial charge in [-0.1, -0.05) is 12.1 Å². The van der Waals surface area contributed by atoms with Gasteiger partial charge in [-0.05, 0) is 56.0 Å². The Labute approximate surface area is 210 Å². The minimum absolute atomic E-state index is 0.191. The van der Waals surface area contributed by atoms with E-state index in [1.165, 1.54) is 10.6 Å². The molecule has 0 saturated heterocycles. The predicted octanol–water partition coefficient (Wildman–Crippen LogP) is 3.84. The van der Waals surface area contributed by atoms with E-state index >= 15 is 0 Å². The molecule has 0 bridgehead atoms. The van der Waals surface area contributed by atoms with E-state index < -0.39 is 29.5 Å². The maximum Gasteiger partial charge on any atom is 0.246 e. The number of nitrogens with zero attached hydrogens (tertiary/aromatic N) is 2. The number of carbonyl (C=O) groups is 2. The van der Waals surface area contributed by atoms with Gasteiger partial charge in [-0.2, -0.15) is 0 Å². The van der Waals surface area contributed by atoms with E-state index in [4.69, 9.17) is 10.7 Å². The third-order valence-electron chi connectivity index (χ3n) is 6.21. The summed E-state index contributed by atoms with van der Waals surface area (Å²) in [6.45, 7) is 1.54. The van der Waals surface area contributed by atoms with E-state index in [0.717, 1.165) is 53.7 Å². The molecule has 2 amide bonds. The summed E-state index contributed by atoms with van der Waals surface area (Å²) in [5.41, 5.74) is 9.93. The summed E-state index contributed by atoms with van der Waals surface area (Å²) in [5.74, 6) is -2.44.